The van der Waals surface area contributed by atoms with Crippen LogP contribution in [0, 0.1) is 24.0 Å². The van der Waals surface area contributed by atoms with Gasteiger partial charge in [0.25, 0.3) is 17.5 Å². The first-order chi connectivity index (χ1) is 12.8. The van der Waals surface area contributed by atoms with Crippen LogP contribution in [0.2, 0.25) is 0 Å². The molecule has 0 aliphatic carbocycles. The van der Waals surface area contributed by atoms with Crippen LogP contribution in [-0.2, 0) is 7.05 Å². The van der Waals surface area contributed by atoms with Gasteiger partial charge in [0, 0.05) is 30.4 Å². The van der Waals surface area contributed by atoms with Crippen molar-refractivity contribution < 1.29 is 14.5 Å². The van der Waals surface area contributed by atoms with Crippen LogP contribution in [-0.4, -0.2) is 31.5 Å². The number of hydrogen-bond acceptors (Lipinski definition) is 6. The smallest absolute Gasteiger partial charge is 0.267 e. The molecule has 0 atom stereocenters. The van der Waals surface area contributed by atoms with Crippen LogP contribution in [0.5, 0.6) is 0 Å². The van der Waals surface area contributed by atoms with E-state index in [1.165, 1.54) is 24.3 Å². The predicted molar refractivity (Wildman–Crippen MR) is 96.0 cm³/mol. The van der Waals surface area contributed by atoms with Gasteiger partial charge in [-0.2, -0.15) is 5.10 Å². The van der Waals surface area contributed by atoms with E-state index >= 15 is 0 Å². The highest BCUT2D eigenvalue weighted by Gasteiger charge is 2.18. The van der Waals surface area contributed by atoms with E-state index in [2.05, 4.69) is 20.9 Å². The molecule has 0 aliphatic rings. The van der Waals surface area contributed by atoms with E-state index in [1.54, 1.807) is 31.6 Å². The molecule has 0 spiro atoms. The molecule has 0 saturated heterocycles. The number of nitro groups is 1. The van der Waals surface area contributed by atoms with Gasteiger partial charge < -0.3 is 0 Å². The summed E-state index contributed by atoms with van der Waals surface area (Å²) >= 11 is 0. The predicted octanol–water partition coefficient (Wildman–Crippen LogP) is 1.57. The Morgan fingerprint density at radius 1 is 1.11 bits per heavy atom. The van der Waals surface area contributed by atoms with E-state index in [0.29, 0.717) is 28.0 Å². The molecule has 2 heterocycles. The number of aryl methyl sites for hydroxylation is 3. The Morgan fingerprint density at radius 3 is 2.37 bits per heavy atom. The average molecular weight is 368 g/mol. The molecule has 0 aliphatic heterocycles. The number of rotatable bonds is 3. The first-order valence-electron chi connectivity index (χ1n) is 7.94. The Bertz CT molecular complexity index is 1070. The maximum absolute atomic E-state index is 12.6. The summed E-state index contributed by atoms with van der Waals surface area (Å²) in [5.41, 5.74) is 6.89. The molecule has 138 valence electrons. The fourth-order valence-corrected chi connectivity index (χ4v) is 2.74. The molecule has 2 amide bonds. The number of pyridine rings is 1. The van der Waals surface area contributed by atoms with Gasteiger partial charge >= 0.3 is 0 Å². The Morgan fingerprint density at radius 2 is 1.74 bits per heavy atom. The number of aromatic nitrogens is 3. The summed E-state index contributed by atoms with van der Waals surface area (Å²) in [6.45, 7) is 3.53. The maximum Gasteiger partial charge on any atom is 0.270 e. The molecule has 1 aromatic carbocycles. The van der Waals surface area contributed by atoms with Crippen LogP contribution in [0.15, 0.2) is 30.3 Å². The highest BCUT2D eigenvalue weighted by atomic mass is 16.6. The van der Waals surface area contributed by atoms with E-state index < -0.39 is 16.7 Å². The van der Waals surface area contributed by atoms with Crippen LogP contribution in [0.4, 0.5) is 5.69 Å². The number of non-ortho nitro benzene ring substituents is 1. The molecule has 10 heteroatoms. The molecular weight excluding hydrogens is 352 g/mol. The van der Waals surface area contributed by atoms with Gasteiger partial charge in [-0.3, -0.25) is 35.2 Å². The molecule has 2 aromatic heterocycles. The highest BCUT2D eigenvalue weighted by molar-refractivity contribution is 6.07. The Kier molecular flexibility index (Phi) is 4.55. The fraction of sp³-hybridized carbons (Fsp3) is 0.176. The molecule has 10 nitrogen and oxygen atoms in total. The van der Waals surface area contributed by atoms with Gasteiger partial charge in [0.1, 0.15) is 0 Å². The largest absolute Gasteiger partial charge is 0.270 e. The lowest BCUT2D eigenvalue weighted by molar-refractivity contribution is -0.384. The van der Waals surface area contributed by atoms with Crippen LogP contribution < -0.4 is 10.9 Å². The second kappa shape index (κ2) is 6.83. The Hall–Kier alpha value is -3.82. The van der Waals surface area contributed by atoms with Gasteiger partial charge in [0.05, 0.1) is 21.6 Å². The molecule has 0 saturated carbocycles. The highest BCUT2D eigenvalue weighted by Crippen LogP contribution is 2.21. The maximum atomic E-state index is 12.6. The van der Waals surface area contributed by atoms with Crippen LogP contribution >= 0.6 is 0 Å². The average Bonchev–Trinajstić information content (AvgIpc) is 2.92. The van der Waals surface area contributed by atoms with Crippen molar-refractivity contribution in [2.24, 2.45) is 7.05 Å². The Balaban J connectivity index is 1.79. The summed E-state index contributed by atoms with van der Waals surface area (Å²) < 4.78 is 1.59. The van der Waals surface area contributed by atoms with Gasteiger partial charge in [-0.15, -0.1) is 0 Å². The van der Waals surface area contributed by atoms with E-state index in [1.807, 2.05) is 0 Å². The van der Waals surface area contributed by atoms with Crippen molar-refractivity contribution in [2.45, 2.75) is 13.8 Å². The molecule has 0 fully saturated rings. The van der Waals surface area contributed by atoms with Crippen molar-refractivity contribution in [3.8, 4) is 0 Å². The number of nitrogens with zero attached hydrogens (tertiary/aromatic N) is 4. The second-order valence-electron chi connectivity index (χ2n) is 5.93. The van der Waals surface area contributed by atoms with Gasteiger partial charge in [-0.1, -0.05) is 0 Å². The zero-order valence-electron chi connectivity index (χ0n) is 14.8. The third-order valence-electron chi connectivity index (χ3n) is 3.97. The summed E-state index contributed by atoms with van der Waals surface area (Å²) in [5, 5.41) is 15.5. The number of carbonyl (C=O) groups excluding carboxylic acids is 2. The standard InChI is InChI=1S/C17H16N6O4/c1-9-8-13(14-10(2)21-22(3)15(14)18-9)17(25)20-19-16(24)11-4-6-12(7-5-11)23(26)27/h4-8H,1-3H3,(H,19,24)(H,20,25). The van der Waals surface area contributed by atoms with Gasteiger partial charge in [-0.25, -0.2) is 4.98 Å². The molecule has 3 aromatic rings. The number of hydrogen-bond donors (Lipinski definition) is 2. The lowest BCUT2D eigenvalue weighted by Crippen LogP contribution is -2.41. The molecule has 0 bridgehead atoms. The van der Waals surface area contributed by atoms with Gasteiger partial charge in [-0.05, 0) is 32.0 Å². The minimum atomic E-state index is -0.594. The third kappa shape index (κ3) is 3.45. The molecule has 2 N–H and O–H groups in total. The minimum Gasteiger partial charge on any atom is -0.267 e. The molecule has 0 radical (unpaired) electrons. The summed E-state index contributed by atoms with van der Waals surface area (Å²) in [4.78, 5) is 39.2. The summed E-state index contributed by atoms with van der Waals surface area (Å²) in [5.74, 6) is -1.11. The van der Waals surface area contributed by atoms with E-state index in [9.17, 15) is 19.7 Å². The van der Waals surface area contributed by atoms with Crippen molar-refractivity contribution in [3.05, 3.63) is 63.0 Å². The normalized spacial score (nSPS) is 10.6. The van der Waals surface area contributed by atoms with Crippen LogP contribution in [0.25, 0.3) is 11.0 Å². The zero-order valence-corrected chi connectivity index (χ0v) is 14.8. The van der Waals surface area contributed by atoms with E-state index in [-0.39, 0.29) is 11.3 Å². The molecule has 27 heavy (non-hydrogen) atoms. The van der Waals surface area contributed by atoms with Crippen LogP contribution in [0.1, 0.15) is 32.1 Å². The first-order valence-corrected chi connectivity index (χ1v) is 7.94. The number of benzene rings is 1. The van der Waals surface area contributed by atoms with Crippen molar-refractivity contribution >= 4 is 28.5 Å². The molecular formula is C17H16N6O4. The SMILES string of the molecule is Cc1cc(C(=O)NNC(=O)c2ccc([N+](=O)[O-])cc2)c2c(C)nn(C)c2n1. The number of nitrogens with one attached hydrogen (secondary N) is 2. The summed E-state index contributed by atoms with van der Waals surface area (Å²) in [6.07, 6.45) is 0. The van der Waals surface area contributed by atoms with Crippen LogP contribution in [0.3, 0.4) is 0 Å². The lowest BCUT2D eigenvalue weighted by Gasteiger charge is -2.09. The molecule has 3 rings (SSSR count). The van der Waals surface area contributed by atoms with Gasteiger partial charge in [0.15, 0.2) is 5.65 Å². The first kappa shape index (κ1) is 18.0. The number of carbonyl (C=O) groups is 2. The number of nitro benzene ring substituents is 1. The summed E-state index contributed by atoms with van der Waals surface area (Å²) in [7, 11) is 1.74. The zero-order chi connectivity index (χ0) is 19.7. The van der Waals surface area contributed by atoms with Crippen molar-refractivity contribution in [1.82, 2.24) is 25.6 Å². The number of fused-ring (bicyclic) bond motifs is 1. The fourth-order valence-electron chi connectivity index (χ4n) is 2.74. The molecule has 0 unspecified atom stereocenters. The topological polar surface area (TPSA) is 132 Å². The monoisotopic (exact) mass is 368 g/mol. The van der Waals surface area contributed by atoms with Crippen molar-refractivity contribution in [3.63, 3.8) is 0 Å². The van der Waals surface area contributed by atoms with E-state index in [4.69, 9.17) is 0 Å². The van der Waals surface area contributed by atoms with Crippen molar-refractivity contribution in [2.75, 3.05) is 0 Å². The third-order valence-corrected chi connectivity index (χ3v) is 3.97. The Labute approximate surface area is 153 Å². The number of hydrazine groups is 1. The number of amides is 2. The van der Waals surface area contributed by atoms with Crippen molar-refractivity contribution in [1.29, 1.82) is 0 Å². The second-order valence-corrected chi connectivity index (χ2v) is 5.93. The quantitative estimate of drug-likeness (QED) is 0.533. The summed E-state index contributed by atoms with van der Waals surface area (Å²) in [6, 6.07) is 6.65. The van der Waals surface area contributed by atoms with Gasteiger partial charge in [0.2, 0.25) is 0 Å². The van der Waals surface area contributed by atoms with E-state index in [0.717, 1.165) is 0 Å². The lowest BCUT2D eigenvalue weighted by atomic mass is 10.1. The minimum absolute atomic E-state index is 0.128.